The fourth-order valence-corrected chi connectivity index (χ4v) is 3.46. The summed E-state index contributed by atoms with van der Waals surface area (Å²) < 4.78 is 22.5. The van der Waals surface area contributed by atoms with Crippen LogP contribution in [0.3, 0.4) is 0 Å². The highest BCUT2D eigenvalue weighted by Crippen LogP contribution is 2.36. The fraction of sp³-hybridized carbons (Fsp3) is 1.00. The summed E-state index contributed by atoms with van der Waals surface area (Å²) in [5.41, 5.74) is 0. The standard InChI is InChI=1S/C12H23NO2S/c1-10-4-3-5-12(10)13(11-6-7-11)8-9-16(2,14)15/h10-12H,3-9H2,1-2H3/t10-,12-/m1/s1. The van der Waals surface area contributed by atoms with Crippen LogP contribution in [0.4, 0.5) is 0 Å². The van der Waals surface area contributed by atoms with E-state index in [1.54, 1.807) is 0 Å². The second-order valence-electron chi connectivity index (χ2n) is 5.57. The van der Waals surface area contributed by atoms with E-state index in [1.165, 1.54) is 38.4 Å². The number of sulfone groups is 1. The van der Waals surface area contributed by atoms with E-state index in [-0.39, 0.29) is 0 Å². The minimum atomic E-state index is -2.81. The van der Waals surface area contributed by atoms with Crippen molar-refractivity contribution in [2.24, 2.45) is 5.92 Å². The van der Waals surface area contributed by atoms with Crippen LogP contribution in [0.25, 0.3) is 0 Å². The molecule has 0 radical (unpaired) electrons. The fourth-order valence-electron chi connectivity index (χ4n) is 2.92. The van der Waals surface area contributed by atoms with Gasteiger partial charge in [0.15, 0.2) is 0 Å². The van der Waals surface area contributed by atoms with Crippen LogP contribution in [0.2, 0.25) is 0 Å². The minimum Gasteiger partial charge on any atom is -0.296 e. The van der Waals surface area contributed by atoms with Crippen molar-refractivity contribution >= 4 is 9.84 Å². The second kappa shape index (κ2) is 4.65. The van der Waals surface area contributed by atoms with E-state index in [0.29, 0.717) is 17.8 Å². The molecule has 0 aliphatic heterocycles. The Bertz CT molecular complexity index is 335. The summed E-state index contributed by atoms with van der Waals surface area (Å²) in [5, 5.41) is 0. The molecule has 0 unspecified atom stereocenters. The van der Waals surface area contributed by atoms with E-state index in [4.69, 9.17) is 0 Å². The van der Waals surface area contributed by atoms with Gasteiger partial charge >= 0.3 is 0 Å². The van der Waals surface area contributed by atoms with Crippen LogP contribution in [0, 0.1) is 5.92 Å². The van der Waals surface area contributed by atoms with Crippen molar-refractivity contribution in [3.8, 4) is 0 Å². The summed E-state index contributed by atoms with van der Waals surface area (Å²) in [6.07, 6.45) is 7.78. The highest BCUT2D eigenvalue weighted by molar-refractivity contribution is 7.90. The Morgan fingerprint density at radius 3 is 2.31 bits per heavy atom. The Kier molecular flexibility index (Phi) is 3.59. The van der Waals surface area contributed by atoms with Gasteiger partial charge in [-0.15, -0.1) is 0 Å². The summed E-state index contributed by atoms with van der Waals surface area (Å²) in [5.74, 6) is 1.08. The SMILES string of the molecule is C[C@@H]1CCC[C@H]1N(CCS(C)(=O)=O)C1CC1. The summed E-state index contributed by atoms with van der Waals surface area (Å²) in [7, 11) is -2.81. The van der Waals surface area contributed by atoms with Gasteiger partial charge in [-0.25, -0.2) is 8.42 Å². The highest BCUT2D eigenvalue weighted by atomic mass is 32.2. The molecule has 0 heterocycles. The topological polar surface area (TPSA) is 37.4 Å². The largest absolute Gasteiger partial charge is 0.296 e. The molecule has 3 nitrogen and oxygen atoms in total. The molecule has 16 heavy (non-hydrogen) atoms. The predicted molar refractivity (Wildman–Crippen MR) is 66.2 cm³/mol. The molecule has 0 spiro atoms. The Morgan fingerprint density at radius 2 is 1.88 bits per heavy atom. The molecule has 94 valence electrons. The van der Waals surface area contributed by atoms with Crippen LogP contribution in [0.5, 0.6) is 0 Å². The van der Waals surface area contributed by atoms with Gasteiger partial charge in [0.25, 0.3) is 0 Å². The number of hydrogen-bond acceptors (Lipinski definition) is 3. The highest BCUT2D eigenvalue weighted by Gasteiger charge is 2.38. The van der Waals surface area contributed by atoms with E-state index in [2.05, 4.69) is 11.8 Å². The van der Waals surface area contributed by atoms with Crippen LogP contribution in [-0.4, -0.2) is 44.0 Å². The van der Waals surface area contributed by atoms with Crippen LogP contribution < -0.4 is 0 Å². The molecule has 0 bridgehead atoms. The Hall–Kier alpha value is -0.0900. The Labute approximate surface area is 99.1 Å². The first kappa shape index (κ1) is 12.4. The van der Waals surface area contributed by atoms with Crippen molar-refractivity contribution < 1.29 is 8.42 Å². The maximum Gasteiger partial charge on any atom is 0.148 e. The summed E-state index contributed by atoms with van der Waals surface area (Å²) >= 11 is 0. The summed E-state index contributed by atoms with van der Waals surface area (Å²) in [6.45, 7) is 3.06. The van der Waals surface area contributed by atoms with Gasteiger partial charge in [0.2, 0.25) is 0 Å². The summed E-state index contributed by atoms with van der Waals surface area (Å²) in [4.78, 5) is 2.48. The normalized spacial score (nSPS) is 31.2. The molecule has 0 aromatic carbocycles. The lowest BCUT2D eigenvalue weighted by atomic mass is 10.0. The third-order valence-electron chi connectivity index (χ3n) is 3.98. The molecule has 0 saturated heterocycles. The van der Waals surface area contributed by atoms with Crippen LogP contribution in [0.1, 0.15) is 39.0 Å². The zero-order valence-electron chi connectivity index (χ0n) is 10.4. The van der Waals surface area contributed by atoms with E-state index >= 15 is 0 Å². The molecule has 2 atom stereocenters. The molecule has 0 aromatic heterocycles. The third kappa shape index (κ3) is 3.20. The van der Waals surface area contributed by atoms with Gasteiger partial charge in [-0.2, -0.15) is 0 Å². The molecule has 2 fully saturated rings. The molecular weight excluding hydrogens is 222 g/mol. The molecule has 4 heteroatoms. The predicted octanol–water partition coefficient (Wildman–Crippen LogP) is 1.68. The zero-order chi connectivity index (χ0) is 11.8. The van der Waals surface area contributed by atoms with Crippen molar-refractivity contribution in [1.29, 1.82) is 0 Å². The molecule has 2 rings (SSSR count). The molecular formula is C12H23NO2S. The molecule has 2 aliphatic carbocycles. The van der Waals surface area contributed by atoms with E-state index in [0.717, 1.165) is 12.5 Å². The quantitative estimate of drug-likeness (QED) is 0.739. The van der Waals surface area contributed by atoms with Crippen LogP contribution in [-0.2, 0) is 9.84 Å². The maximum atomic E-state index is 11.2. The minimum absolute atomic E-state index is 0.326. The van der Waals surface area contributed by atoms with Crippen LogP contribution >= 0.6 is 0 Å². The second-order valence-corrected chi connectivity index (χ2v) is 7.83. The van der Waals surface area contributed by atoms with Gasteiger partial charge in [0, 0.05) is 24.9 Å². The lowest BCUT2D eigenvalue weighted by Gasteiger charge is -2.31. The number of nitrogens with zero attached hydrogens (tertiary/aromatic N) is 1. The molecule has 0 aromatic rings. The first-order valence-corrected chi connectivity index (χ1v) is 8.47. The van der Waals surface area contributed by atoms with Gasteiger partial charge in [-0.1, -0.05) is 13.3 Å². The van der Waals surface area contributed by atoms with E-state index in [9.17, 15) is 8.42 Å². The third-order valence-corrected chi connectivity index (χ3v) is 4.90. The number of hydrogen-bond donors (Lipinski definition) is 0. The molecule has 2 aliphatic rings. The molecule has 0 amide bonds. The smallest absolute Gasteiger partial charge is 0.148 e. The zero-order valence-corrected chi connectivity index (χ0v) is 11.2. The van der Waals surface area contributed by atoms with Gasteiger partial charge in [0.05, 0.1) is 5.75 Å². The van der Waals surface area contributed by atoms with Gasteiger partial charge in [0.1, 0.15) is 9.84 Å². The van der Waals surface area contributed by atoms with Gasteiger partial charge in [-0.05, 0) is 31.6 Å². The first-order chi connectivity index (χ1) is 7.47. The Morgan fingerprint density at radius 1 is 1.19 bits per heavy atom. The Balaban J connectivity index is 1.94. The average molecular weight is 245 g/mol. The van der Waals surface area contributed by atoms with Crippen LogP contribution in [0.15, 0.2) is 0 Å². The van der Waals surface area contributed by atoms with Crippen molar-refractivity contribution in [1.82, 2.24) is 4.90 Å². The first-order valence-electron chi connectivity index (χ1n) is 6.41. The van der Waals surface area contributed by atoms with Gasteiger partial charge < -0.3 is 0 Å². The lowest BCUT2D eigenvalue weighted by molar-refractivity contribution is 0.166. The van der Waals surface area contributed by atoms with Crippen molar-refractivity contribution in [3.05, 3.63) is 0 Å². The maximum absolute atomic E-state index is 11.2. The van der Waals surface area contributed by atoms with Crippen molar-refractivity contribution in [3.63, 3.8) is 0 Å². The van der Waals surface area contributed by atoms with Crippen molar-refractivity contribution in [2.45, 2.75) is 51.1 Å². The summed E-state index contributed by atoms with van der Waals surface area (Å²) in [6, 6.07) is 1.33. The van der Waals surface area contributed by atoms with E-state index < -0.39 is 9.84 Å². The monoisotopic (exact) mass is 245 g/mol. The van der Waals surface area contributed by atoms with Gasteiger partial charge in [-0.3, -0.25) is 4.90 Å². The molecule has 0 N–H and O–H groups in total. The lowest BCUT2D eigenvalue weighted by Crippen LogP contribution is -2.41. The van der Waals surface area contributed by atoms with Crippen molar-refractivity contribution in [2.75, 3.05) is 18.6 Å². The average Bonchev–Trinajstić information content (AvgIpc) is 2.90. The molecule has 2 saturated carbocycles. The van der Waals surface area contributed by atoms with E-state index in [1.807, 2.05) is 0 Å². The number of rotatable bonds is 5.